The lowest BCUT2D eigenvalue weighted by Gasteiger charge is -2.13. The number of halogens is 4. The first-order chi connectivity index (χ1) is 13.9. The van der Waals surface area contributed by atoms with Gasteiger partial charge in [-0.3, -0.25) is 0 Å². The maximum Gasteiger partial charge on any atom is 0.349 e. The molecule has 3 nitrogen and oxygen atoms in total. The topological polar surface area (TPSA) is 30.7 Å². The monoisotopic (exact) mass is 413 g/mol. The minimum absolute atomic E-state index is 0.124. The summed E-state index contributed by atoms with van der Waals surface area (Å²) in [6, 6.07) is 16.1. The van der Waals surface area contributed by atoms with Crippen molar-refractivity contribution in [1.29, 1.82) is 0 Å². The zero-order chi connectivity index (χ0) is 20.2. The average molecular weight is 414 g/mol. The van der Waals surface area contributed by atoms with Gasteiger partial charge in [0.1, 0.15) is 5.82 Å². The van der Waals surface area contributed by atoms with Crippen LogP contribution in [0.4, 0.5) is 13.2 Å². The van der Waals surface area contributed by atoms with E-state index in [0.29, 0.717) is 22.3 Å². The van der Waals surface area contributed by atoms with Crippen LogP contribution in [-0.4, -0.2) is 14.8 Å². The molecule has 2 heterocycles. The van der Waals surface area contributed by atoms with Crippen molar-refractivity contribution in [1.82, 2.24) is 14.8 Å². The number of fused-ring (bicyclic) bond motifs is 1. The predicted octanol–water partition coefficient (Wildman–Crippen LogP) is 6.39. The lowest BCUT2D eigenvalue weighted by molar-refractivity contribution is 0.0968. The van der Waals surface area contributed by atoms with E-state index in [4.69, 9.17) is 11.6 Å². The molecule has 2 aromatic heterocycles. The van der Waals surface area contributed by atoms with Crippen LogP contribution in [0.1, 0.15) is 30.0 Å². The van der Waals surface area contributed by atoms with Crippen molar-refractivity contribution in [3.63, 3.8) is 0 Å². The summed E-state index contributed by atoms with van der Waals surface area (Å²) in [7, 11) is 0. The van der Waals surface area contributed by atoms with Crippen molar-refractivity contribution < 1.29 is 13.2 Å². The van der Waals surface area contributed by atoms with Gasteiger partial charge < -0.3 is 0 Å². The Morgan fingerprint density at radius 3 is 2.31 bits per heavy atom. The second-order valence-corrected chi connectivity index (χ2v) is 7.64. The molecule has 4 aromatic rings. The molecule has 0 amide bonds. The molecule has 0 spiro atoms. The molecule has 0 atom stereocenters. The number of alkyl halides is 3. The minimum Gasteiger partial charge on any atom is -0.228 e. The largest absolute Gasteiger partial charge is 0.349 e. The minimum atomic E-state index is -3.59. The van der Waals surface area contributed by atoms with E-state index in [1.807, 2.05) is 30.3 Å². The Morgan fingerprint density at radius 1 is 1.00 bits per heavy atom. The Balaban J connectivity index is 1.85. The SMILES string of the molecule is Fc1ccc(-c2cc(C(F)(F)Cl)c3c(C4CC4)nn(-c4ccccc4)c3n2)cc1. The maximum absolute atomic E-state index is 14.5. The van der Waals surface area contributed by atoms with Gasteiger partial charge in [0.05, 0.1) is 28.0 Å². The van der Waals surface area contributed by atoms with Crippen molar-refractivity contribution in [2.45, 2.75) is 24.1 Å². The molecule has 2 aromatic carbocycles. The number of hydrogen-bond acceptors (Lipinski definition) is 2. The summed E-state index contributed by atoms with van der Waals surface area (Å²) in [5.74, 6) is -0.290. The van der Waals surface area contributed by atoms with E-state index in [1.54, 1.807) is 4.68 Å². The quantitative estimate of drug-likeness (QED) is 0.363. The molecule has 1 saturated carbocycles. The van der Waals surface area contributed by atoms with Crippen LogP contribution in [0.15, 0.2) is 60.7 Å². The summed E-state index contributed by atoms with van der Waals surface area (Å²) < 4.78 is 43.8. The van der Waals surface area contributed by atoms with Crippen LogP contribution in [0.3, 0.4) is 0 Å². The number of aromatic nitrogens is 3. The molecule has 146 valence electrons. The highest BCUT2D eigenvalue weighted by Gasteiger charge is 2.38. The molecule has 0 N–H and O–H groups in total. The Labute approximate surface area is 169 Å². The Morgan fingerprint density at radius 2 is 1.69 bits per heavy atom. The Kier molecular flexibility index (Phi) is 4.13. The van der Waals surface area contributed by atoms with Crippen molar-refractivity contribution in [2.75, 3.05) is 0 Å². The van der Waals surface area contributed by atoms with E-state index < -0.39 is 11.2 Å². The highest BCUT2D eigenvalue weighted by Crippen LogP contribution is 2.47. The van der Waals surface area contributed by atoms with Gasteiger partial charge in [-0.25, -0.2) is 14.1 Å². The fraction of sp³-hybridized carbons (Fsp3) is 0.182. The highest BCUT2D eigenvalue weighted by molar-refractivity contribution is 6.23. The number of hydrogen-bond donors (Lipinski definition) is 0. The third kappa shape index (κ3) is 3.27. The van der Waals surface area contributed by atoms with Gasteiger partial charge in [0, 0.05) is 11.5 Å². The van der Waals surface area contributed by atoms with Crippen molar-refractivity contribution in [3.8, 4) is 16.9 Å². The lowest BCUT2D eigenvalue weighted by Crippen LogP contribution is -2.07. The molecule has 1 aliphatic carbocycles. The lowest BCUT2D eigenvalue weighted by atomic mass is 10.0. The summed E-state index contributed by atoms with van der Waals surface area (Å²) in [4.78, 5) is 4.64. The second kappa shape index (κ2) is 6.59. The van der Waals surface area contributed by atoms with Gasteiger partial charge in [-0.1, -0.05) is 18.2 Å². The van der Waals surface area contributed by atoms with Crippen LogP contribution < -0.4 is 0 Å². The number of rotatable bonds is 4. The van der Waals surface area contributed by atoms with Crippen LogP contribution in [-0.2, 0) is 5.38 Å². The molecule has 0 radical (unpaired) electrons. The van der Waals surface area contributed by atoms with Crippen molar-refractivity contribution in [3.05, 3.63) is 77.7 Å². The van der Waals surface area contributed by atoms with Gasteiger partial charge in [0.2, 0.25) is 0 Å². The molecule has 1 aliphatic rings. The predicted molar refractivity (Wildman–Crippen MR) is 106 cm³/mol. The molecule has 0 bridgehead atoms. The van der Waals surface area contributed by atoms with Gasteiger partial charge in [0.15, 0.2) is 5.65 Å². The summed E-state index contributed by atoms with van der Waals surface area (Å²) >= 11 is 5.52. The molecule has 5 rings (SSSR count). The second-order valence-electron chi connectivity index (χ2n) is 7.17. The Bertz CT molecular complexity index is 1190. The first-order valence-electron chi connectivity index (χ1n) is 9.24. The van der Waals surface area contributed by atoms with Crippen molar-refractivity contribution in [2.24, 2.45) is 0 Å². The summed E-state index contributed by atoms with van der Waals surface area (Å²) in [5, 5.41) is 1.35. The van der Waals surface area contributed by atoms with E-state index >= 15 is 0 Å². The van der Waals surface area contributed by atoms with E-state index in [-0.39, 0.29) is 17.2 Å². The zero-order valence-electron chi connectivity index (χ0n) is 15.1. The first kappa shape index (κ1) is 18.2. The van der Waals surface area contributed by atoms with Crippen LogP contribution in [0.2, 0.25) is 0 Å². The third-order valence-corrected chi connectivity index (χ3v) is 5.28. The van der Waals surface area contributed by atoms with Crippen LogP contribution in [0, 0.1) is 5.82 Å². The third-order valence-electron chi connectivity index (χ3n) is 5.08. The van der Waals surface area contributed by atoms with Crippen LogP contribution in [0.5, 0.6) is 0 Å². The molecule has 0 aliphatic heterocycles. The summed E-state index contributed by atoms with van der Waals surface area (Å²) in [5.41, 5.74) is 2.11. The van der Waals surface area contributed by atoms with E-state index in [1.165, 1.54) is 30.3 Å². The maximum atomic E-state index is 14.5. The van der Waals surface area contributed by atoms with Gasteiger partial charge in [0.25, 0.3) is 0 Å². The molecular weight excluding hydrogens is 399 g/mol. The molecular formula is C22H15ClF3N3. The average Bonchev–Trinajstić information content (AvgIpc) is 3.48. The molecule has 29 heavy (non-hydrogen) atoms. The highest BCUT2D eigenvalue weighted by atomic mass is 35.5. The fourth-order valence-electron chi connectivity index (χ4n) is 3.53. The standard InChI is InChI=1S/C22H15ClF3N3/c23-22(25,26)17-12-18(13-8-10-15(24)11-9-13)27-21-19(17)20(14-6-7-14)28-29(21)16-4-2-1-3-5-16/h1-5,8-12,14H,6-7H2. The van der Waals surface area contributed by atoms with Crippen LogP contribution in [0.25, 0.3) is 28.0 Å². The summed E-state index contributed by atoms with van der Waals surface area (Å²) in [6.07, 6.45) is 1.79. The molecule has 0 saturated heterocycles. The fourth-order valence-corrected chi connectivity index (χ4v) is 3.68. The van der Waals surface area contributed by atoms with Gasteiger partial charge in [-0.15, -0.1) is 0 Å². The molecule has 1 fully saturated rings. The van der Waals surface area contributed by atoms with Crippen molar-refractivity contribution >= 4 is 22.6 Å². The van der Waals surface area contributed by atoms with Gasteiger partial charge in [-0.2, -0.15) is 13.9 Å². The molecule has 0 unspecified atom stereocenters. The van der Waals surface area contributed by atoms with Gasteiger partial charge >= 0.3 is 5.38 Å². The summed E-state index contributed by atoms with van der Waals surface area (Å²) in [6.45, 7) is 0. The van der Waals surface area contributed by atoms with E-state index in [0.717, 1.165) is 18.5 Å². The first-order valence-corrected chi connectivity index (χ1v) is 9.62. The number of pyridine rings is 1. The van der Waals surface area contributed by atoms with E-state index in [2.05, 4.69) is 10.1 Å². The number of para-hydroxylation sites is 1. The van der Waals surface area contributed by atoms with Crippen LogP contribution >= 0.6 is 11.6 Å². The Hall–Kier alpha value is -2.86. The molecule has 7 heteroatoms. The number of benzene rings is 2. The zero-order valence-corrected chi connectivity index (χ0v) is 15.9. The van der Waals surface area contributed by atoms with Gasteiger partial charge in [-0.05, 0) is 66.9 Å². The smallest absolute Gasteiger partial charge is 0.228 e. The normalized spacial score (nSPS) is 14.5. The van der Waals surface area contributed by atoms with E-state index in [9.17, 15) is 13.2 Å². The number of nitrogens with zero attached hydrogens (tertiary/aromatic N) is 3.